The van der Waals surface area contributed by atoms with Crippen LogP contribution >= 0.6 is 0 Å². The van der Waals surface area contributed by atoms with Crippen molar-refractivity contribution in [1.82, 2.24) is 0 Å². The molecule has 1 aromatic carbocycles. The number of hydrogen-bond donors (Lipinski definition) is 0. The average molecular weight is 307 g/mol. The van der Waals surface area contributed by atoms with E-state index in [1.807, 2.05) is 50.0 Å². The first-order chi connectivity index (χ1) is 9.83. The molecule has 0 radical (unpaired) electrons. The molecule has 0 aromatic heterocycles. The molecule has 0 bridgehead atoms. The molecular formula is C15H21NO4Si. The summed E-state index contributed by atoms with van der Waals surface area (Å²) in [6.45, 7) is 9.84. The molecule has 0 aliphatic heterocycles. The van der Waals surface area contributed by atoms with E-state index < -0.39 is 14.3 Å². The highest BCUT2D eigenvalue weighted by Crippen LogP contribution is 2.12. The van der Waals surface area contributed by atoms with Gasteiger partial charge < -0.3 is 14.0 Å². The van der Waals surface area contributed by atoms with Crippen LogP contribution in [0.2, 0.25) is 19.6 Å². The van der Waals surface area contributed by atoms with Gasteiger partial charge in [-0.3, -0.25) is 0 Å². The maximum absolute atomic E-state index is 12.1. The predicted molar refractivity (Wildman–Crippen MR) is 84.3 cm³/mol. The molecule has 0 aliphatic carbocycles. The Morgan fingerprint density at radius 1 is 1.24 bits per heavy atom. The van der Waals surface area contributed by atoms with Gasteiger partial charge in [-0.15, -0.1) is 0 Å². The minimum absolute atomic E-state index is 0.0455. The molecular weight excluding hydrogens is 286 g/mol. The van der Waals surface area contributed by atoms with Crippen LogP contribution in [0.4, 0.5) is 0 Å². The third-order valence-corrected chi connectivity index (χ3v) is 3.14. The Morgan fingerprint density at radius 2 is 1.86 bits per heavy atom. The van der Waals surface area contributed by atoms with Crippen LogP contribution in [0, 0.1) is 0 Å². The zero-order chi connectivity index (χ0) is 15.9. The Hall–Kier alpha value is -2.08. The van der Waals surface area contributed by atoms with Gasteiger partial charge in [-0.1, -0.05) is 42.1 Å². The van der Waals surface area contributed by atoms with Crippen LogP contribution in [-0.2, 0) is 25.4 Å². The molecule has 0 unspecified atom stereocenters. The molecule has 1 rings (SSSR count). The van der Waals surface area contributed by atoms with Crippen LogP contribution in [0.1, 0.15) is 5.56 Å². The Bertz CT molecular complexity index is 520. The van der Waals surface area contributed by atoms with E-state index in [1.165, 1.54) is 7.11 Å². The molecule has 0 heterocycles. The van der Waals surface area contributed by atoms with Crippen molar-refractivity contribution in [3.63, 3.8) is 0 Å². The average Bonchev–Trinajstić information content (AvgIpc) is 2.41. The van der Waals surface area contributed by atoms with Crippen molar-refractivity contribution in [2.45, 2.75) is 26.2 Å². The number of carbonyl (C=O) groups is 1. The van der Waals surface area contributed by atoms with Crippen LogP contribution in [0.5, 0.6) is 0 Å². The first-order valence-corrected chi connectivity index (χ1v) is 9.95. The smallest absolute Gasteiger partial charge is 0.364 e. The SMILES string of the molecule is C=C(O[Si](C)(C)C)/C(=N/OC)C(=O)OCc1ccccc1. The first-order valence-electron chi connectivity index (χ1n) is 6.54. The molecule has 0 fully saturated rings. The second kappa shape index (κ2) is 7.63. The lowest BCUT2D eigenvalue weighted by atomic mass is 10.2. The monoisotopic (exact) mass is 307 g/mol. The lowest BCUT2D eigenvalue weighted by Crippen LogP contribution is -2.30. The summed E-state index contributed by atoms with van der Waals surface area (Å²) in [6.07, 6.45) is 0. The molecule has 114 valence electrons. The topological polar surface area (TPSA) is 57.1 Å². The van der Waals surface area contributed by atoms with E-state index >= 15 is 0 Å². The van der Waals surface area contributed by atoms with Gasteiger partial charge in [0, 0.05) is 0 Å². The molecule has 0 atom stereocenters. The lowest BCUT2D eigenvalue weighted by molar-refractivity contribution is -0.137. The molecule has 0 spiro atoms. The summed E-state index contributed by atoms with van der Waals surface area (Å²) in [5.41, 5.74) is 0.843. The van der Waals surface area contributed by atoms with E-state index in [4.69, 9.17) is 9.16 Å². The van der Waals surface area contributed by atoms with Crippen LogP contribution in [0.25, 0.3) is 0 Å². The van der Waals surface area contributed by atoms with Crippen molar-refractivity contribution in [3.05, 3.63) is 48.2 Å². The van der Waals surface area contributed by atoms with Gasteiger partial charge in [0.15, 0.2) is 0 Å². The fraction of sp³-hybridized carbons (Fsp3) is 0.333. The molecule has 5 nitrogen and oxygen atoms in total. The summed E-state index contributed by atoms with van der Waals surface area (Å²) >= 11 is 0. The minimum atomic E-state index is -1.89. The van der Waals surface area contributed by atoms with Crippen LogP contribution < -0.4 is 0 Å². The van der Waals surface area contributed by atoms with Crippen molar-refractivity contribution in [3.8, 4) is 0 Å². The Kier molecular flexibility index (Phi) is 6.17. The van der Waals surface area contributed by atoms with Gasteiger partial charge in [0.25, 0.3) is 0 Å². The maximum Gasteiger partial charge on any atom is 0.364 e. The van der Waals surface area contributed by atoms with E-state index in [9.17, 15) is 4.79 Å². The molecule has 1 aromatic rings. The number of benzene rings is 1. The number of carbonyl (C=O) groups excluding carboxylic acids is 1. The molecule has 0 aliphatic rings. The van der Waals surface area contributed by atoms with E-state index in [0.29, 0.717) is 0 Å². The Labute approximate surface area is 126 Å². The van der Waals surface area contributed by atoms with Crippen molar-refractivity contribution >= 4 is 20.0 Å². The first kappa shape index (κ1) is 17.0. The van der Waals surface area contributed by atoms with Crippen molar-refractivity contribution in [1.29, 1.82) is 0 Å². The minimum Gasteiger partial charge on any atom is -0.543 e. The lowest BCUT2D eigenvalue weighted by Gasteiger charge is -2.20. The van der Waals surface area contributed by atoms with E-state index in [2.05, 4.69) is 16.6 Å². The van der Waals surface area contributed by atoms with Crippen molar-refractivity contribution < 1.29 is 18.8 Å². The molecule has 0 saturated carbocycles. The highest BCUT2D eigenvalue weighted by Gasteiger charge is 2.25. The van der Waals surface area contributed by atoms with Crippen LogP contribution in [0.15, 0.2) is 47.8 Å². The highest BCUT2D eigenvalue weighted by atomic mass is 28.4. The third kappa shape index (κ3) is 6.27. The fourth-order valence-corrected chi connectivity index (χ4v) is 2.34. The summed E-state index contributed by atoms with van der Waals surface area (Å²) in [5.74, 6) is -0.446. The van der Waals surface area contributed by atoms with Gasteiger partial charge in [-0.25, -0.2) is 4.79 Å². The summed E-state index contributed by atoms with van der Waals surface area (Å²) in [7, 11) is -0.535. The quantitative estimate of drug-likeness (QED) is 0.255. The van der Waals surface area contributed by atoms with Gasteiger partial charge in [-0.2, -0.15) is 0 Å². The fourth-order valence-electron chi connectivity index (χ4n) is 1.50. The van der Waals surface area contributed by atoms with Crippen LogP contribution in [0.3, 0.4) is 0 Å². The number of hydrogen-bond acceptors (Lipinski definition) is 5. The van der Waals surface area contributed by atoms with E-state index in [-0.39, 0.29) is 18.1 Å². The molecule has 21 heavy (non-hydrogen) atoms. The normalized spacial score (nSPS) is 11.7. The summed E-state index contributed by atoms with van der Waals surface area (Å²) in [4.78, 5) is 16.7. The summed E-state index contributed by atoms with van der Waals surface area (Å²) in [5, 5.41) is 3.66. The van der Waals surface area contributed by atoms with Gasteiger partial charge in [-0.05, 0) is 25.2 Å². The Balaban J connectivity index is 2.70. The van der Waals surface area contributed by atoms with Gasteiger partial charge in [0.05, 0.1) is 0 Å². The highest BCUT2D eigenvalue weighted by molar-refractivity contribution is 6.70. The number of oxime groups is 1. The van der Waals surface area contributed by atoms with Gasteiger partial charge in [0.2, 0.25) is 14.0 Å². The second-order valence-corrected chi connectivity index (χ2v) is 9.75. The number of esters is 1. The zero-order valence-electron chi connectivity index (χ0n) is 12.9. The van der Waals surface area contributed by atoms with Crippen LogP contribution in [-0.4, -0.2) is 27.1 Å². The summed E-state index contributed by atoms with van der Waals surface area (Å²) in [6, 6.07) is 9.38. The molecule has 0 saturated heterocycles. The standard InChI is InChI=1S/C15H21NO4Si/c1-12(20-21(3,4)5)14(16-18-2)15(17)19-11-13-9-7-6-8-10-13/h6-10H,1,11H2,2-5H3/b16-14-. The largest absolute Gasteiger partial charge is 0.543 e. The van der Waals surface area contributed by atoms with Gasteiger partial charge >= 0.3 is 5.97 Å². The van der Waals surface area contributed by atoms with Crippen molar-refractivity contribution in [2.24, 2.45) is 5.16 Å². The number of ether oxygens (including phenoxy) is 1. The number of nitrogens with zero attached hydrogens (tertiary/aromatic N) is 1. The third-order valence-electron chi connectivity index (χ3n) is 2.28. The summed E-state index contributed by atoms with van der Waals surface area (Å²) < 4.78 is 10.9. The zero-order valence-corrected chi connectivity index (χ0v) is 13.9. The number of rotatable bonds is 7. The molecule has 6 heteroatoms. The molecule has 0 N–H and O–H groups in total. The predicted octanol–water partition coefficient (Wildman–Crippen LogP) is 3.10. The Morgan fingerprint density at radius 3 is 2.38 bits per heavy atom. The van der Waals surface area contributed by atoms with Gasteiger partial charge in [0.1, 0.15) is 19.5 Å². The van der Waals surface area contributed by atoms with E-state index in [0.717, 1.165) is 5.56 Å². The van der Waals surface area contributed by atoms with Crippen molar-refractivity contribution in [2.75, 3.05) is 7.11 Å². The maximum atomic E-state index is 12.1. The molecule has 0 amide bonds. The van der Waals surface area contributed by atoms with E-state index in [1.54, 1.807) is 0 Å². The second-order valence-electron chi connectivity index (χ2n) is 5.32.